The molecule has 60 valence electrons. The van der Waals surface area contributed by atoms with Crippen LogP contribution < -0.4 is 0 Å². The fraction of sp³-hybridized carbons (Fsp3) is 0.500. The van der Waals surface area contributed by atoms with Gasteiger partial charge < -0.3 is 15.3 Å². The smallest absolute Gasteiger partial charge is 0.184 e. The van der Waals surface area contributed by atoms with Crippen LogP contribution >= 0.6 is 0 Å². The molecule has 0 aliphatic carbocycles. The summed E-state index contributed by atoms with van der Waals surface area (Å²) >= 11 is 0. The highest BCUT2D eigenvalue weighted by atomic mass is 16.3. The summed E-state index contributed by atoms with van der Waals surface area (Å²) in [6.07, 6.45) is 0. The molecule has 0 saturated carbocycles. The second-order valence-corrected chi connectivity index (χ2v) is 1.99. The van der Waals surface area contributed by atoms with Crippen molar-refractivity contribution in [3.05, 3.63) is 0 Å². The first-order valence-electron chi connectivity index (χ1n) is 3.06. The molecule has 11 heavy (non-hydrogen) atoms. The lowest BCUT2D eigenvalue weighted by Crippen LogP contribution is -2.18. The van der Waals surface area contributed by atoms with Crippen molar-refractivity contribution in [3.63, 3.8) is 0 Å². The van der Waals surface area contributed by atoms with Gasteiger partial charge in [-0.1, -0.05) is 23.7 Å². The van der Waals surface area contributed by atoms with Crippen LogP contribution in [0.4, 0.5) is 0 Å². The maximum atomic E-state index is 9.21. The lowest BCUT2D eigenvalue weighted by Gasteiger charge is -2.05. The molecule has 0 heterocycles. The molecule has 0 atom stereocenters. The second kappa shape index (κ2) is 4.76. The van der Waals surface area contributed by atoms with Gasteiger partial charge in [-0.15, -0.1) is 0 Å². The van der Waals surface area contributed by atoms with Crippen molar-refractivity contribution in [1.82, 2.24) is 0 Å². The van der Waals surface area contributed by atoms with Gasteiger partial charge in [0.15, 0.2) is 5.60 Å². The maximum Gasteiger partial charge on any atom is 0.184 e. The standard InChI is InChI=1S/C8H10O3/c1-8(11,4-2-6-9)5-3-7-10/h9-11H,6-7H2,1H3. The zero-order valence-electron chi connectivity index (χ0n) is 6.26. The Morgan fingerprint density at radius 2 is 1.45 bits per heavy atom. The van der Waals surface area contributed by atoms with Crippen LogP contribution in [-0.4, -0.2) is 34.1 Å². The van der Waals surface area contributed by atoms with Crippen molar-refractivity contribution in [1.29, 1.82) is 0 Å². The monoisotopic (exact) mass is 154 g/mol. The van der Waals surface area contributed by atoms with Gasteiger partial charge in [0.25, 0.3) is 0 Å². The minimum absolute atomic E-state index is 0.309. The third kappa shape index (κ3) is 5.44. The van der Waals surface area contributed by atoms with Crippen molar-refractivity contribution in [2.45, 2.75) is 12.5 Å². The Bertz CT molecular complexity index is 197. The summed E-state index contributed by atoms with van der Waals surface area (Å²) < 4.78 is 0. The van der Waals surface area contributed by atoms with E-state index < -0.39 is 5.60 Å². The van der Waals surface area contributed by atoms with Crippen molar-refractivity contribution in [2.75, 3.05) is 13.2 Å². The normalized spacial score (nSPS) is 9.09. The Hall–Kier alpha value is -1.00. The van der Waals surface area contributed by atoms with Gasteiger partial charge in [0, 0.05) is 0 Å². The quantitative estimate of drug-likeness (QED) is 0.381. The number of hydrogen-bond acceptors (Lipinski definition) is 3. The predicted molar refractivity (Wildman–Crippen MR) is 40.3 cm³/mol. The third-order valence-corrected chi connectivity index (χ3v) is 0.822. The fourth-order valence-electron chi connectivity index (χ4n) is 0.455. The van der Waals surface area contributed by atoms with E-state index in [1.54, 1.807) is 0 Å². The summed E-state index contributed by atoms with van der Waals surface area (Å²) in [5.74, 6) is 9.17. The molecule has 0 aromatic carbocycles. The minimum Gasteiger partial charge on any atom is -0.384 e. The van der Waals surface area contributed by atoms with E-state index in [0.29, 0.717) is 0 Å². The summed E-state index contributed by atoms with van der Waals surface area (Å²) in [7, 11) is 0. The molecule has 0 aromatic rings. The van der Waals surface area contributed by atoms with Crippen molar-refractivity contribution < 1.29 is 15.3 Å². The molecule has 0 aliphatic rings. The molecular formula is C8H10O3. The Balaban J connectivity index is 4.21. The molecule has 0 radical (unpaired) electrons. The molecule has 0 fully saturated rings. The molecule has 0 amide bonds. The first kappa shape index (κ1) is 10.0. The van der Waals surface area contributed by atoms with E-state index in [4.69, 9.17) is 10.2 Å². The zero-order valence-corrected chi connectivity index (χ0v) is 6.26. The largest absolute Gasteiger partial charge is 0.384 e. The fourth-order valence-corrected chi connectivity index (χ4v) is 0.455. The summed E-state index contributed by atoms with van der Waals surface area (Å²) in [4.78, 5) is 0. The van der Waals surface area contributed by atoms with E-state index in [9.17, 15) is 5.11 Å². The van der Waals surface area contributed by atoms with Crippen LogP contribution in [0.15, 0.2) is 0 Å². The van der Waals surface area contributed by atoms with E-state index in [2.05, 4.69) is 23.7 Å². The number of rotatable bonds is 0. The van der Waals surface area contributed by atoms with E-state index in [1.807, 2.05) is 0 Å². The molecule has 0 aromatic heterocycles. The Labute approximate surface area is 65.7 Å². The molecule has 0 unspecified atom stereocenters. The number of hydrogen-bond donors (Lipinski definition) is 3. The Morgan fingerprint density at radius 1 is 1.09 bits per heavy atom. The van der Waals surface area contributed by atoms with Crippen LogP contribution in [0, 0.1) is 23.7 Å². The van der Waals surface area contributed by atoms with E-state index in [0.717, 1.165) is 0 Å². The minimum atomic E-state index is -1.44. The van der Waals surface area contributed by atoms with Gasteiger partial charge in [-0.25, -0.2) is 0 Å². The molecule has 0 saturated heterocycles. The highest BCUT2D eigenvalue weighted by Gasteiger charge is 2.10. The Morgan fingerprint density at radius 3 is 1.73 bits per heavy atom. The van der Waals surface area contributed by atoms with Gasteiger partial charge >= 0.3 is 0 Å². The zero-order chi connectivity index (χ0) is 8.74. The molecule has 3 nitrogen and oxygen atoms in total. The highest BCUT2D eigenvalue weighted by molar-refractivity contribution is 5.27. The van der Waals surface area contributed by atoms with Crippen LogP contribution in [0.5, 0.6) is 0 Å². The lowest BCUT2D eigenvalue weighted by atomic mass is 10.1. The lowest BCUT2D eigenvalue weighted by molar-refractivity contribution is 0.183. The van der Waals surface area contributed by atoms with Gasteiger partial charge in [0.1, 0.15) is 13.2 Å². The molecular weight excluding hydrogens is 144 g/mol. The number of aliphatic hydroxyl groups is 3. The van der Waals surface area contributed by atoms with E-state index >= 15 is 0 Å². The van der Waals surface area contributed by atoms with Gasteiger partial charge in [0.05, 0.1) is 0 Å². The van der Waals surface area contributed by atoms with Crippen LogP contribution in [-0.2, 0) is 0 Å². The van der Waals surface area contributed by atoms with Gasteiger partial charge in [-0.2, -0.15) is 0 Å². The first-order valence-corrected chi connectivity index (χ1v) is 3.06. The molecule has 0 aliphatic heterocycles. The average Bonchev–Trinajstić information content (AvgIpc) is 1.97. The summed E-state index contributed by atoms with van der Waals surface area (Å²) in [6, 6.07) is 0. The summed E-state index contributed by atoms with van der Waals surface area (Å²) in [6.45, 7) is 0.770. The van der Waals surface area contributed by atoms with Crippen molar-refractivity contribution >= 4 is 0 Å². The first-order chi connectivity index (χ1) is 5.12. The van der Waals surface area contributed by atoms with E-state index in [1.165, 1.54) is 6.92 Å². The van der Waals surface area contributed by atoms with Gasteiger partial charge in [-0.05, 0) is 6.92 Å². The van der Waals surface area contributed by atoms with Crippen LogP contribution in [0.1, 0.15) is 6.92 Å². The van der Waals surface area contributed by atoms with Crippen molar-refractivity contribution in [2.24, 2.45) is 0 Å². The van der Waals surface area contributed by atoms with Crippen LogP contribution in [0.2, 0.25) is 0 Å². The molecule has 0 bridgehead atoms. The van der Waals surface area contributed by atoms with Gasteiger partial charge in [0.2, 0.25) is 0 Å². The van der Waals surface area contributed by atoms with Crippen LogP contribution in [0.3, 0.4) is 0 Å². The molecule has 0 spiro atoms. The topological polar surface area (TPSA) is 60.7 Å². The molecule has 0 rings (SSSR count). The highest BCUT2D eigenvalue weighted by Crippen LogP contribution is 1.96. The second-order valence-electron chi connectivity index (χ2n) is 1.99. The maximum absolute atomic E-state index is 9.21. The third-order valence-electron chi connectivity index (χ3n) is 0.822. The van der Waals surface area contributed by atoms with Crippen LogP contribution in [0.25, 0.3) is 0 Å². The number of aliphatic hydroxyl groups excluding tert-OH is 2. The summed E-state index contributed by atoms with van der Waals surface area (Å²) in [5.41, 5.74) is -1.44. The van der Waals surface area contributed by atoms with Gasteiger partial charge in [-0.3, -0.25) is 0 Å². The molecule has 3 N–H and O–H groups in total. The van der Waals surface area contributed by atoms with Crippen molar-refractivity contribution in [3.8, 4) is 23.7 Å². The summed E-state index contributed by atoms with van der Waals surface area (Å²) in [5, 5.41) is 25.8. The predicted octanol–water partition coefficient (Wildman–Crippen LogP) is -1.27. The Kier molecular flexibility index (Phi) is 4.33. The SMILES string of the molecule is CC(O)(C#CCO)C#CCO. The van der Waals surface area contributed by atoms with E-state index in [-0.39, 0.29) is 13.2 Å². The average molecular weight is 154 g/mol. The molecule has 3 heteroatoms.